The molecule has 1 rings (SSSR count). The van der Waals surface area contributed by atoms with Gasteiger partial charge in [0.25, 0.3) is 5.19 Å². The molecule has 7 nitrogen and oxygen atoms in total. The van der Waals surface area contributed by atoms with Gasteiger partial charge in [-0.25, -0.2) is 14.6 Å². The number of carboxylic acid groups (broad SMARTS) is 1. The van der Waals surface area contributed by atoms with Crippen molar-refractivity contribution in [2.75, 3.05) is 6.61 Å². The molecule has 0 fully saturated rings. The molecule has 1 aromatic heterocycles. The molecule has 0 spiro atoms. The maximum Gasteiger partial charge on any atom is 0.408 e. The van der Waals surface area contributed by atoms with Crippen LogP contribution in [0.1, 0.15) is 20.8 Å². The Morgan fingerprint density at radius 3 is 2.68 bits per heavy atom. The average molecular weight is 288 g/mol. The topological polar surface area (TPSA) is 97.8 Å². The number of carboxylic acids is 1. The number of carbonyl (C=O) groups excluding carboxylic acids is 1. The summed E-state index contributed by atoms with van der Waals surface area (Å²) in [5.74, 6) is -1.21. The van der Waals surface area contributed by atoms with E-state index in [1.54, 1.807) is 26.2 Å². The van der Waals surface area contributed by atoms with Gasteiger partial charge in [0.15, 0.2) is 6.04 Å². The highest BCUT2D eigenvalue weighted by Gasteiger charge is 2.24. The molecule has 0 saturated carbocycles. The van der Waals surface area contributed by atoms with Gasteiger partial charge in [-0.3, -0.25) is 0 Å². The van der Waals surface area contributed by atoms with Gasteiger partial charge in [-0.05, 0) is 20.8 Å². The number of thiazole rings is 1. The number of nitrogens with one attached hydrogen (secondary N) is 1. The Balaban J connectivity index is 2.49. The molecular weight excluding hydrogens is 272 g/mol. The lowest BCUT2D eigenvalue weighted by molar-refractivity contribution is -0.140. The van der Waals surface area contributed by atoms with Crippen LogP contribution in [-0.2, 0) is 9.53 Å². The summed E-state index contributed by atoms with van der Waals surface area (Å²) in [5.41, 5.74) is -0.691. The van der Waals surface area contributed by atoms with E-state index in [4.69, 9.17) is 14.6 Å². The van der Waals surface area contributed by atoms with Crippen LogP contribution in [0.4, 0.5) is 4.79 Å². The zero-order chi connectivity index (χ0) is 14.5. The molecule has 0 aliphatic heterocycles. The molecule has 0 bridgehead atoms. The van der Waals surface area contributed by atoms with Crippen LogP contribution >= 0.6 is 11.3 Å². The maximum atomic E-state index is 11.5. The molecule has 106 valence electrons. The molecule has 0 radical (unpaired) electrons. The van der Waals surface area contributed by atoms with E-state index < -0.39 is 23.7 Å². The number of aromatic nitrogens is 1. The van der Waals surface area contributed by atoms with Gasteiger partial charge in [0.2, 0.25) is 0 Å². The van der Waals surface area contributed by atoms with Crippen LogP contribution in [0.2, 0.25) is 0 Å². The monoisotopic (exact) mass is 288 g/mol. The molecule has 1 unspecified atom stereocenters. The Morgan fingerprint density at radius 1 is 1.53 bits per heavy atom. The van der Waals surface area contributed by atoms with Crippen LogP contribution < -0.4 is 10.1 Å². The lowest BCUT2D eigenvalue weighted by Crippen LogP contribution is -2.46. The van der Waals surface area contributed by atoms with Crippen LogP contribution in [0.3, 0.4) is 0 Å². The molecule has 0 aliphatic carbocycles. The van der Waals surface area contributed by atoms with Gasteiger partial charge in [0.05, 0.1) is 0 Å². The van der Waals surface area contributed by atoms with E-state index in [0.717, 1.165) is 0 Å². The number of ether oxygens (including phenoxy) is 2. The van der Waals surface area contributed by atoms with Crippen LogP contribution in [-0.4, -0.2) is 40.4 Å². The van der Waals surface area contributed by atoms with Gasteiger partial charge < -0.3 is 19.9 Å². The maximum absolute atomic E-state index is 11.5. The SMILES string of the molecule is CC(C)(C)OC(=O)NC(COc1nccs1)C(=O)O. The fourth-order valence-electron chi connectivity index (χ4n) is 1.06. The summed E-state index contributed by atoms with van der Waals surface area (Å²) in [6.07, 6.45) is 0.736. The average Bonchev–Trinajstić information content (AvgIpc) is 2.73. The second kappa shape index (κ2) is 6.37. The standard InChI is InChI=1S/C11H16N2O5S/c1-11(2,3)18-9(16)13-7(8(14)15)6-17-10-12-4-5-19-10/h4-5,7H,6H2,1-3H3,(H,13,16)(H,14,15). The van der Waals surface area contributed by atoms with Crippen LogP contribution in [0, 0.1) is 0 Å². The molecule has 2 N–H and O–H groups in total. The molecule has 0 aromatic carbocycles. The molecule has 1 amide bonds. The van der Waals surface area contributed by atoms with Gasteiger partial charge in [-0.15, -0.1) is 0 Å². The molecule has 1 heterocycles. The molecule has 0 saturated heterocycles. The lowest BCUT2D eigenvalue weighted by Gasteiger charge is -2.21. The van der Waals surface area contributed by atoms with Crippen molar-refractivity contribution in [3.8, 4) is 5.19 Å². The number of amides is 1. The number of carbonyl (C=O) groups is 2. The van der Waals surface area contributed by atoms with Crippen LogP contribution in [0.5, 0.6) is 5.19 Å². The largest absolute Gasteiger partial charge is 0.480 e. The Bertz CT molecular complexity index is 427. The summed E-state index contributed by atoms with van der Waals surface area (Å²) < 4.78 is 10.1. The minimum absolute atomic E-state index is 0.220. The minimum Gasteiger partial charge on any atom is -0.480 e. The molecule has 8 heteroatoms. The highest BCUT2D eigenvalue weighted by atomic mass is 32.1. The van der Waals surface area contributed by atoms with Crippen LogP contribution in [0.15, 0.2) is 11.6 Å². The van der Waals surface area contributed by atoms with E-state index in [2.05, 4.69) is 10.3 Å². The highest BCUT2D eigenvalue weighted by Crippen LogP contribution is 2.13. The normalized spacial score (nSPS) is 12.6. The van der Waals surface area contributed by atoms with Crippen molar-refractivity contribution in [2.45, 2.75) is 32.4 Å². The zero-order valence-corrected chi connectivity index (χ0v) is 11.7. The zero-order valence-electron chi connectivity index (χ0n) is 10.9. The predicted octanol–water partition coefficient (Wildman–Crippen LogP) is 1.50. The first-order valence-corrected chi connectivity index (χ1v) is 6.40. The van der Waals surface area contributed by atoms with E-state index in [0.29, 0.717) is 5.19 Å². The molecule has 1 atom stereocenters. The van der Waals surface area contributed by atoms with E-state index in [9.17, 15) is 9.59 Å². The third-order valence-corrected chi connectivity index (χ3v) is 2.45. The van der Waals surface area contributed by atoms with Crippen molar-refractivity contribution in [3.05, 3.63) is 11.6 Å². The van der Waals surface area contributed by atoms with E-state index in [-0.39, 0.29) is 6.61 Å². The first-order valence-electron chi connectivity index (χ1n) is 5.52. The van der Waals surface area contributed by atoms with Crippen molar-refractivity contribution in [3.63, 3.8) is 0 Å². The summed E-state index contributed by atoms with van der Waals surface area (Å²) in [6, 6.07) is -1.20. The summed E-state index contributed by atoms with van der Waals surface area (Å²) in [7, 11) is 0. The van der Waals surface area contributed by atoms with Gasteiger partial charge in [0, 0.05) is 11.6 Å². The van der Waals surface area contributed by atoms with Crippen molar-refractivity contribution in [1.82, 2.24) is 10.3 Å². The van der Waals surface area contributed by atoms with Crippen molar-refractivity contribution >= 4 is 23.4 Å². The molecule has 1 aromatic rings. The number of hydrogen-bond donors (Lipinski definition) is 2. The van der Waals surface area contributed by atoms with Crippen molar-refractivity contribution < 1.29 is 24.2 Å². The van der Waals surface area contributed by atoms with E-state index >= 15 is 0 Å². The Morgan fingerprint density at radius 2 is 2.21 bits per heavy atom. The minimum atomic E-state index is -1.21. The number of rotatable bonds is 5. The molecular formula is C11H16N2O5S. The van der Waals surface area contributed by atoms with Gasteiger partial charge in [-0.2, -0.15) is 0 Å². The van der Waals surface area contributed by atoms with Crippen molar-refractivity contribution in [1.29, 1.82) is 0 Å². The first-order chi connectivity index (χ1) is 8.78. The second-order valence-electron chi connectivity index (χ2n) is 4.65. The number of alkyl carbamates (subject to hydrolysis) is 1. The molecule has 0 aliphatic rings. The number of nitrogens with zero attached hydrogens (tertiary/aromatic N) is 1. The predicted molar refractivity (Wildman–Crippen MR) is 68.4 cm³/mol. The van der Waals surface area contributed by atoms with Gasteiger partial charge >= 0.3 is 12.1 Å². The smallest absolute Gasteiger partial charge is 0.408 e. The van der Waals surface area contributed by atoms with Gasteiger partial charge in [-0.1, -0.05) is 11.3 Å². The Kier molecular flexibility index (Phi) is 5.11. The summed E-state index contributed by atoms with van der Waals surface area (Å²) in [5, 5.41) is 13.3. The Hall–Kier alpha value is -1.83. The molecule has 19 heavy (non-hydrogen) atoms. The number of aliphatic carboxylic acids is 1. The summed E-state index contributed by atoms with van der Waals surface area (Å²) in [6.45, 7) is 4.85. The Labute approximate surface area is 114 Å². The summed E-state index contributed by atoms with van der Waals surface area (Å²) >= 11 is 1.24. The third kappa shape index (κ3) is 6.05. The third-order valence-electron chi connectivity index (χ3n) is 1.77. The second-order valence-corrected chi connectivity index (χ2v) is 5.50. The fraction of sp³-hybridized carbons (Fsp3) is 0.545. The van der Waals surface area contributed by atoms with Gasteiger partial charge in [0.1, 0.15) is 12.2 Å². The van der Waals surface area contributed by atoms with E-state index in [1.165, 1.54) is 17.5 Å². The summed E-state index contributed by atoms with van der Waals surface area (Å²) in [4.78, 5) is 26.3. The fourth-order valence-corrected chi connectivity index (χ4v) is 1.56. The number of hydrogen-bond acceptors (Lipinski definition) is 6. The van der Waals surface area contributed by atoms with Crippen molar-refractivity contribution in [2.24, 2.45) is 0 Å². The highest BCUT2D eigenvalue weighted by molar-refractivity contribution is 7.11. The van der Waals surface area contributed by atoms with E-state index in [1.807, 2.05) is 0 Å². The quantitative estimate of drug-likeness (QED) is 0.852. The lowest BCUT2D eigenvalue weighted by atomic mass is 10.2. The first kappa shape index (κ1) is 15.2. The van der Waals surface area contributed by atoms with Crippen LogP contribution in [0.25, 0.3) is 0 Å².